The van der Waals surface area contributed by atoms with E-state index in [4.69, 9.17) is 98.4 Å². The maximum atomic E-state index is 8.52. The molecule has 0 N–H and O–H groups in total. The summed E-state index contributed by atoms with van der Waals surface area (Å²) in [5, 5.41) is 0. The monoisotopic (exact) mass is 937 g/mol. The van der Waals surface area contributed by atoms with Crippen LogP contribution in [-0.4, -0.2) is 98.9 Å². The molecule has 0 bridgehead atoms. The van der Waals surface area contributed by atoms with Crippen LogP contribution < -0.4 is 229 Å². The molecule has 38 heteroatoms. The summed E-state index contributed by atoms with van der Waals surface area (Å²) in [7, 11) is -25.4. The average molecular weight is 942 g/mol. The Morgan fingerprint density at radius 3 is 0.316 bits per heavy atom. The van der Waals surface area contributed by atoms with E-state index in [1.54, 1.807) is 0 Å². The number of rotatable bonds is 0. The van der Waals surface area contributed by atoms with Crippen molar-refractivity contribution in [1.82, 2.24) is 0 Å². The molecule has 0 spiro atoms. The van der Waals surface area contributed by atoms with Crippen LogP contribution in [0, 0.1) is 0 Å². The molecule has 38 heavy (non-hydrogen) atoms. The summed E-state index contributed by atoms with van der Waals surface area (Å²) >= 11 is 0. The predicted molar refractivity (Wildman–Crippen MR) is 69.4 cm³/mol. The van der Waals surface area contributed by atoms with Gasteiger partial charge in [-0.3, -0.25) is 4.70 Å². The summed E-state index contributed by atoms with van der Waals surface area (Å²) in [5.74, 6) is 0. The van der Waals surface area contributed by atoms with Gasteiger partial charge in [0.15, 0.2) is 0 Å². The molecule has 0 amide bonds. The molecule has 184 valence electrons. The van der Waals surface area contributed by atoms with Gasteiger partial charge in [0.25, 0.3) is 0 Å². The molecule has 0 aromatic carbocycles. The van der Waals surface area contributed by atoms with Gasteiger partial charge >= 0.3 is 236 Å². The zero-order chi connectivity index (χ0) is 25.0. The van der Waals surface area contributed by atoms with E-state index in [0.717, 1.165) is 0 Å². The first-order chi connectivity index (χ1) is 12.1. The van der Waals surface area contributed by atoms with E-state index >= 15 is 0 Å². The SMILES string of the molecule is Br.F.O=[Si]([O-])[O-].O=[Si]([O-])[O-].O=[Si]([O-])[O-].O=[Si]([O-])[O-].O=[Si]([O-])[O-].O=[Si]([O-])[O-].O=[Si]([O-])[O-].[Al+3].[Al+3].[K+].[K+].[Na+].[Na+].[Zn+2].[Zn+2]. The third-order valence-electron chi connectivity index (χ3n) is 0. The van der Waals surface area contributed by atoms with Gasteiger partial charge in [-0.2, -0.15) is 0 Å². The van der Waals surface area contributed by atoms with E-state index in [-0.39, 0.29) is 257 Å². The molecule has 0 fully saturated rings. The maximum Gasteiger partial charge on any atom is 3.00 e. The Balaban J connectivity index is -0.00000000865. The molecule has 0 unspecified atom stereocenters. The van der Waals surface area contributed by atoms with Crippen LogP contribution in [0.1, 0.15) is 0 Å². The average Bonchev–Trinajstić information content (AvgIpc) is 2.20. The zero-order valence-electron chi connectivity index (χ0n) is 19.5. The molecule has 0 aliphatic heterocycles. The van der Waals surface area contributed by atoms with Crippen molar-refractivity contribution in [3.05, 3.63) is 0 Å². The van der Waals surface area contributed by atoms with Gasteiger partial charge in [-0.15, -0.1) is 17.0 Å². The Kier molecular flexibility index (Phi) is 307. The van der Waals surface area contributed by atoms with E-state index in [0.29, 0.717) is 0 Å². The summed E-state index contributed by atoms with van der Waals surface area (Å²) in [5.41, 5.74) is 0. The van der Waals surface area contributed by atoms with Crippen LogP contribution in [0.3, 0.4) is 0 Å². The van der Waals surface area contributed by atoms with Gasteiger partial charge in [-0.25, -0.2) is 0 Å². The largest absolute Gasteiger partial charge is 3.00 e. The normalized spacial score (nSPS) is 4.42. The quantitative estimate of drug-likeness (QED) is 0.203. The second-order valence-corrected chi connectivity index (χ2v) is 5.25. The van der Waals surface area contributed by atoms with Crippen molar-refractivity contribution in [3.8, 4) is 0 Å². The number of halogens is 2. The van der Waals surface area contributed by atoms with Crippen LogP contribution >= 0.6 is 17.0 Å². The molecule has 0 heterocycles. The first kappa shape index (κ1) is 112. The summed E-state index contributed by atoms with van der Waals surface area (Å²) in [6.45, 7) is 0. The molecule has 0 aromatic rings. The smallest absolute Gasteiger partial charge is 0.672 e. The molecule has 21 nitrogen and oxygen atoms in total. The molecular formula is H2Al2BrFK2Na2O21Si7Zn2. The minimum Gasteiger partial charge on any atom is -0.672 e. The summed E-state index contributed by atoms with van der Waals surface area (Å²) in [6, 6.07) is 0. The van der Waals surface area contributed by atoms with Crippen LogP contribution in [0.15, 0.2) is 0 Å². The zero-order valence-corrected chi connectivity index (χ0v) is 46.7. The Labute approximate surface area is 410 Å². The Bertz CT molecular complexity index is 359. The van der Waals surface area contributed by atoms with Crippen molar-refractivity contribution in [2.45, 2.75) is 0 Å². The van der Waals surface area contributed by atoms with Gasteiger partial charge < -0.3 is 98.4 Å². The fourth-order valence-electron chi connectivity index (χ4n) is 0. The Hall–Kier alpha value is 5.31. The standard InChI is InChI=1S/2Al.BrH.FH.2K.2Na.7O3Si.2Zn/c;;;;;;;;7*1-4(2)3;;/h;;2*1H;;;;;;;;;;;;;/q2*+3;;;4*+1;7*-2;2*+2. The van der Waals surface area contributed by atoms with E-state index in [1.807, 2.05) is 0 Å². The molecular weight excluding hydrogens is 940 g/mol. The summed E-state index contributed by atoms with van der Waals surface area (Å²) in [6.07, 6.45) is 0. The third-order valence-corrected chi connectivity index (χ3v) is 0. The first-order valence-electron chi connectivity index (χ1n) is 4.29. The fraction of sp³-hybridized carbons (Fsp3) is 0. The van der Waals surface area contributed by atoms with Crippen molar-refractivity contribution >= 4 is 116 Å². The van der Waals surface area contributed by atoms with Gasteiger partial charge in [-0.05, 0) is 0 Å². The second-order valence-electron chi connectivity index (χ2n) is 1.75. The van der Waals surface area contributed by atoms with E-state index in [9.17, 15) is 0 Å². The summed E-state index contributed by atoms with van der Waals surface area (Å²) < 4.78 is 59.6. The van der Waals surface area contributed by atoms with Gasteiger partial charge in [0.1, 0.15) is 0 Å². The maximum absolute atomic E-state index is 8.52. The van der Waals surface area contributed by atoms with Gasteiger partial charge in [0.05, 0.1) is 0 Å². The molecule has 0 aliphatic carbocycles. The summed E-state index contributed by atoms with van der Waals surface area (Å²) in [4.78, 5) is 119. The van der Waals surface area contributed by atoms with Crippen LogP contribution in [0.5, 0.6) is 0 Å². The van der Waals surface area contributed by atoms with E-state index in [1.165, 1.54) is 0 Å². The van der Waals surface area contributed by atoms with Crippen molar-refractivity contribution < 1.29 is 304 Å². The van der Waals surface area contributed by atoms with Gasteiger partial charge in [0.2, 0.25) is 0 Å². The van der Waals surface area contributed by atoms with Crippen LogP contribution in [0.25, 0.3) is 0 Å². The molecule has 0 aliphatic rings. The van der Waals surface area contributed by atoms with Crippen LogP contribution in [-0.2, 0) is 70.2 Å². The van der Waals surface area contributed by atoms with E-state index < -0.39 is 64.2 Å². The third kappa shape index (κ3) is 2380. The van der Waals surface area contributed by atoms with Crippen molar-refractivity contribution in [2.75, 3.05) is 0 Å². The first-order valence-corrected chi connectivity index (χ1v) is 12.9. The minimum atomic E-state index is -3.63. The molecule has 0 atom stereocenters. The van der Waals surface area contributed by atoms with Gasteiger partial charge in [0, 0.05) is 64.2 Å². The minimum absolute atomic E-state index is 0. The molecule has 0 radical (unpaired) electrons. The number of hydrogen-bond donors (Lipinski definition) is 0. The van der Waals surface area contributed by atoms with Crippen LogP contribution in [0.2, 0.25) is 0 Å². The molecule has 0 saturated carbocycles. The topological polar surface area (TPSA) is 442 Å². The van der Waals surface area contributed by atoms with Crippen molar-refractivity contribution in [1.29, 1.82) is 0 Å². The Morgan fingerprint density at radius 2 is 0.316 bits per heavy atom. The Morgan fingerprint density at radius 1 is 0.316 bits per heavy atom. The van der Waals surface area contributed by atoms with E-state index in [2.05, 4.69) is 0 Å². The van der Waals surface area contributed by atoms with Crippen molar-refractivity contribution in [2.24, 2.45) is 0 Å². The predicted octanol–water partition coefficient (Wildman–Crippen LogP) is -32.2. The van der Waals surface area contributed by atoms with Crippen molar-refractivity contribution in [3.63, 3.8) is 0 Å². The molecule has 0 aromatic heterocycles. The molecule has 0 rings (SSSR count). The van der Waals surface area contributed by atoms with Gasteiger partial charge in [-0.1, -0.05) is 0 Å². The fourth-order valence-corrected chi connectivity index (χ4v) is 0. The molecule has 0 saturated heterocycles. The number of hydrogen-bond acceptors (Lipinski definition) is 21. The second kappa shape index (κ2) is 104. The van der Waals surface area contributed by atoms with Crippen LogP contribution in [0.4, 0.5) is 4.70 Å².